The number of aromatic nitrogens is 4. The molecule has 3 N–H and O–H groups in total. The fraction of sp³-hybridized carbons (Fsp3) is 0.400. The molecule has 12 heteroatoms. The molecule has 8 nitrogen and oxygen atoms in total. The number of halogens is 4. The van der Waals surface area contributed by atoms with Crippen LogP contribution in [0.5, 0.6) is 0 Å². The molecule has 2 saturated heterocycles. The van der Waals surface area contributed by atoms with E-state index >= 15 is 0 Å². The highest BCUT2D eigenvalue weighted by molar-refractivity contribution is 9.10. The molecule has 192 valence electrons. The summed E-state index contributed by atoms with van der Waals surface area (Å²) in [5.74, 6) is 3.36. The number of aromatic amines is 1. The van der Waals surface area contributed by atoms with Crippen molar-refractivity contribution in [3.63, 3.8) is 0 Å². The van der Waals surface area contributed by atoms with E-state index in [1.165, 1.54) is 0 Å². The second kappa shape index (κ2) is 8.80. The van der Waals surface area contributed by atoms with Crippen molar-refractivity contribution in [1.29, 1.82) is 0 Å². The van der Waals surface area contributed by atoms with E-state index in [0.29, 0.717) is 25.3 Å². The minimum absolute atomic E-state index is 0.155. The summed E-state index contributed by atoms with van der Waals surface area (Å²) in [7, 11) is 0. The molecule has 3 aromatic rings. The number of anilines is 2. The lowest BCUT2D eigenvalue weighted by Gasteiger charge is -2.49. The lowest BCUT2D eigenvalue weighted by molar-refractivity contribution is -0.165. The van der Waals surface area contributed by atoms with Crippen LogP contribution in [0.25, 0.3) is 0 Å². The molecule has 1 aromatic heterocycles. The average Bonchev–Trinajstić information content (AvgIpc) is 3.55. The number of H-pyrrole nitrogens is 1. The smallest absolute Gasteiger partial charge is 0.341 e. The summed E-state index contributed by atoms with van der Waals surface area (Å²) in [6.45, 7) is 2.61. The van der Waals surface area contributed by atoms with Gasteiger partial charge in [0.15, 0.2) is 0 Å². The zero-order valence-corrected chi connectivity index (χ0v) is 21.3. The molecular weight excluding hydrogens is 549 g/mol. The van der Waals surface area contributed by atoms with Gasteiger partial charge in [-0.1, -0.05) is 27.9 Å². The van der Waals surface area contributed by atoms with E-state index in [1.807, 2.05) is 12.1 Å². The number of tetrazole rings is 1. The van der Waals surface area contributed by atoms with E-state index in [4.69, 9.17) is 6.42 Å². The maximum Gasteiger partial charge on any atom is 0.426 e. The van der Waals surface area contributed by atoms with E-state index in [0.717, 1.165) is 52.9 Å². The molecule has 1 spiro atoms. The Morgan fingerprint density at radius 1 is 1.05 bits per heavy atom. The van der Waals surface area contributed by atoms with Crippen molar-refractivity contribution in [3.8, 4) is 12.3 Å². The van der Waals surface area contributed by atoms with E-state index < -0.39 is 17.3 Å². The molecular formula is C25H24BrF3N8. The molecule has 0 atom stereocenters. The van der Waals surface area contributed by atoms with Crippen molar-refractivity contribution in [1.82, 2.24) is 36.4 Å². The first-order valence-electron chi connectivity index (χ1n) is 12.0. The van der Waals surface area contributed by atoms with Gasteiger partial charge >= 0.3 is 6.18 Å². The van der Waals surface area contributed by atoms with Gasteiger partial charge in [-0.15, -0.1) is 11.5 Å². The molecule has 0 bridgehead atoms. The van der Waals surface area contributed by atoms with Crippen LogP contribution in [0.2, 0.25) is 0 Å². The molecule has 37 heavy (non-hydrogen) atoms. The third-order valence-corrected chi connectivity index (χ3v) is 8.28. The minimum atomic E-state index is -4.49. The van der Waals surface area contributed by atoms with Crippen molar-refractivity contribution < 1.29 is 13.2 Å². The van der Waals surface area contributed by atoms with Gasteiger partial charge in [0.1, 0.15) is 5.82 Å². The van der Waals surface area contributed by atoms with Crippen LogP contribution in [0.1, 0.15) is 35.4 Å². The summed E-state index contributed by atoms with van der Waals surface area (Å²) < 4.78 is 43.0. The largest absolute Gasteiger partial charge is 0.426 e. The molecule has 2 aromatic carbocycles. The molecule has 3 aliphatic heterocycles. The van der Waals surface area contributed by atoms with Gasteiger partial charge in [0.2, 0.25) is 5.66 Å². The molecule has 0 unspecified atom stereocenters. The first-order chi connectivity index (χ1) is 17.8. The predicted octanol–water partition coefficient (Wildman–Crippen LogP) is 3.49. The molecule has 0 radical (unpaired) electrons. The minimum Gasteiger partial charge on any atom is -0.341 e. The number of nitrogens with zero attached hydrogens (tertiary/aromatic N) is 5. The summed E-state index contributed by atoms with van der Waals surface area (Å²) in [5.41, 5.74) is 6.10. The SMILES string of the molecule is C#CCN1CCC2(CC1)c1cc(Br)ccc1N(CCc1nnn[nH]1)c1ccc(C3(C(F)(F)F)NN3)cc12. The van der Waals surface area contributed by atoms with E-state index in [9.17, 15) is 13.2 Å². The van der Waals surface area contributed by atoms with E-state index in [2.05, 4.69) is 75.3 Å². The number of fused-ring (bicyclic) bond motifs is 4. The Kier molecular flexibility index (Phi) is 5.80. The molecule has 6 rings (SSSR count). The molecule has 0 saturated carbocycles. The molecule has 0 aliphatic carbocycles. The Morgan fingerprint density at radius 2 is 1.76 bits per heavy atom. The van der Waals surface area contributed by atoms with Crippen molar-refractivity contribution in [3.05, 3.63) is 63.4 Å². The van der Waals surface area contributed by atoms with Crippen LogP contribution in [-0.4, -0.2) is 57.9 Å². The number of rotatable bonds is 5. The van der Waals surface area contributed by atoms with E-state index in [-0.39, 0.29) is 5.56 Å². The maximum atomic E-state index is 14.0. The van der Waals surface area contributed by atoms with Crippen molar-refractivity contribution in [2.45, 2.75) is 36.5 Å². The van der Waals surface area contributed by atoms with Gasteiger partial charge in [-0.25, -0.2) is 16.0 Å². The average molecular weight is 573 g/mol. The third-order valence-electron chi connectivity index (χ3n) is 7.79. The van der Waals surface area contributed by atoms with Crippen LogP contribution in [0, 0.1) is 12.3 Å². The molecule has 2 fully saturated rings. The third kappa shape index (κ3) is 3.92. The number of hydrazine groups is 1. The second-order valence-corrected chi connectivity index (χ2v) is 10.6. The molecule has 3 aliphatic rings. The zero-order valence-electron chi connectivity index (χ0n) is 19.7. The summed E-state index contributed by atoms with van der Waals surface area (Å²) in [6, 6.07) is 11.3. The van der Waals surface area contributed by atoms with Crippen LogP contribution in [-0.2, 0) is 17.5 Å². The number of piperidine rings is 1. The van der Waals surface area contributed by atoms with Gasteiger partial charge < -0.3 is 4.90 Å². The highest BCUT2D eigenvalue weighted by Crippen LogP contribution is 2.55. The Labute approximate surface area is 220 Å². The standard InChI is InChI=1S/C25H24BrF3N8/c1-2-10-36-12-8-23(9-13-36)18-14-16(24(32-33-24)25(27,28)29)3-5-20(18)37(11-7-22-30-34-35-31-22)21-6-4-17(26)15-19(21)23/h1,3-6,14-15,32-33H,7-13H2,(H,30,31,34,35). The highest BCUT2D eigenvalue weighted by Gasteiger charge is 2.65. The molecule has 4 heterocycles. The van der Waals surface area contributed by atoms with Crippen LogP contribution < -0.4 is 15.8 Å². The normalized spacial score (nSPS) is 19.8. The Morgan fingerprint density at radius 3 is 2.38 bits per heavy atom. The van der Waals surface area contributed by atoms with Crippen molar-refractivity contribution in [2.75, 3.05) is 31.1 Å². The number of likely N-dealkylation sites (tertiary alicyclic amines) is 1. The van der Waals surface area contributed by atoms with Crippen LogP contribution in [0.4, 0.5) is 24.5 Å². The topological polar surface area (TPSA) is 105 Å². The van der Waals surface area contributed by atoms with Gasteiger partial charge in [0.25, 0.3) is 0 Å². The van der Waals surface area contributed by atoms with Gasteiger partial charge in [-0.05, 0) is 70.3 Å². The summed E-state index contributed by atoms with van der Waals surface area (Å²) in [5, 5.41) is 14.1. The van der Waals surface area contributed by atoms with E-state index in [1.54, 1.807) is 12.1 Å². The fourth-order valence-corrected chi connectivity index (χ4v) is 6.17. The lowest BCUT2D eigenvalue weighted by atomic mass is 9.64. The Hall–Kier alpha value is -2.98. The number of hydrogen-bond donors (Lipinski definition) is 3. The Bertz CT molecular complexity index is 1360. The van der Waals surface area contributed by atoms with Gasteiger partial charge in [-0.3, -0.25) is 4.90 Å². The van der Waals surface area contributed by atoms with Gasteiger partial charge in [0, 0.05) is 47.3 Å². The van der Waals surface area contributed by atoms with Crippen LogP contribution >= 0.6 is 15.9 Å². The zero-order chi connectivity index (χ0) is 25.8. The number of nitrogens with one attached hydrogen (secondary N) is 3. The first kappa shape index (κ1) is 24.4. The number of benzene rings is 2. The quantitative estimate of drug-likeness (QED) is 0.317. The van der Waals surface area contributed by atoms with Gasteiger partial charge in [0.05, 0.1) is 6.54 Å². The maximum absolute atomic E-state index is 14.0. The van der Waals surface area contributed by atoms with Gasteiger partial charge in [-0.2, -0.15) is 13.2 Å². The second-order valence-electron chi connectivity index (χ2n) is 9.70. The monoisotopic (exact) mass is 572 g/mol. The van der Waals surface area contributed by atoms with Crippen LogP contribution in [0.3, 0.4) is 0 Å². The van der Waals surface area contributed by atoms with Crippen molar-refractivity contribution in [2.24, 2.45) is 0 Å². The number of terminal acetylenes is 1. The highest BCUT2D eigenvalue weighted by atomic mass is 79.9. The summed E-state index contributed by atoms with van der Waals surface area (Å²) in [6.07, 6.45) is 3.11. The Balaban J connectivity index is 1.50. The summed E-state index contributed by atoms with van der Waals surface area (Å²) in [4.78, 5) is 4.38. The van der Waals surface area contributed by atoms with Crippen LogP contribution in [0.15, 0.2) is 40.9 Å². The number of alkyl halides is 3. The van der Waals surface area contributed by atoms with Crippen molar-refractivity contribution >= 4 is 27.3 Å². The summed E-state index contributed by atoms with van der Waals surface area (Å²) >= 11 is 3.63. The molecule has 0 amide bonds. The fourth-order valence-electron chi connectivity index (χ4n) is 5.81. The number of hydrogen-bond acceptors (Lipinski definition) is 7. The predicted molar refractivity (Wildman–Crippen MR) is 135 cm³/mol. The first-order valence-corrected chi connectivity index (χ1v) is 12.8. The lowest BCUT2D eigenvalue weighted by Crippen LogP contribution is -2.47.